The summed E-state index contributed by atoms with van der Waals surface area (Å²) in [6, 6.07) is 3.10. The van der Waals surface area contributed by atoms with Gasteiger partial charge in [-0.3, -0.25) is 4.72 Å². The molecule has 1 saturated carbocycles. The third-order valence-corrected chi connectivity index (χ3v) is 4.74. The lowest BCUT2D eigenvalue weighted by atomic mass is 10.2. The molecule has 1 aromatic rings. The van der Waals surface area contributed by atoms with E-state index >= 15 is 0 Å². The summed E-state index contributed by atoms with van der Waals surface area (Å²) in [5.74, 6) is 1.19. The molecule has 2 rings (SSSR count). The number of benzene rings is 1. The third-order valence-electron chi connectivity index (χ3n) is 3.59. The summed E-state index contributed by atoms with van der Waals surface area (Å²) in [7, 11) is 0.809. The minimum Gasteiger partial charge on any atom is -0.493 e. The molecule has 0 heterocycles. The van der Waals surface area contributed by atoms with Crippen molar-refractivity contribution in [3.63, 3.8) is 0 Å². The molecular formula is C14H22N2O5S. The lowest BCUT2D eigenvalue weighted by Crippen LogP contribution is -2.37. The second-order valence-corrected chi connectivity index (χ2v) is 6.57. The molecule has 1 aliphatic carbocycles. The van der Waals surface area contributed by atoms with Crippen LogP contribution in [0.5, 0.6) is 17.2 Å². The summed E-state index contributed by atoms with van der Waals surface area (Å²) in [5, 5.41) is 0. The van der Waals surface area contributed by atoms with E-state index in [9.17, 15) is 8.42 Å². The van der Waals surface area contributed by atoms with Crippen LogP contribution in [-0.4, -0.2) is 35.8 Å². The quantitative estimate of drug-likeness (QED) is 0.797. The number of anilines is 1. The lowest BCUT2D eigenvalue weighted by molar-refractivity contribution is 0.324. The predicted molar refractivity (Wildman–Crippen MR) is 84.0 cm³/mol. The average Bonchev–Trinajstić information content (AvgIpc) is 2.97. The van der Waals surface area contributed by atoms with Crippen LogP contribution in [0.4, 0.5) is 5.69 Å². The normalized spacial score (nSPS) is 15.6. The molecule has 0 bridgehead atoms. The lowest BCUT2D eigenvalue weighted by Gasteiger charge is -2.17. The zero-order chi connectivity index (χ0) is 16.2. The van der Waals surface area contributed by atoms with Crippen molar-refractivity contribution in [1.82, 2.24) is 4.72 Å². The van der Waals surface area contributed by atoms with Crippen molar-refractivity contribution in [2.75, 3.05) is 26.1 Å². The fourth-order valence-corrected chi connectivity index (χ4v) is 3.75. The number of hydrogen-bond donors (Lipinski definition) is 2. The molecule has 8 heteroatoms. The molecule has 1 aromatic carbocycles. The number of nitrogens with one attached hydrogen (secondary N) is 2. The van der Waals surface area contributed by atoms with Crippen molar-refractivity contribution in [3.05, 3.63) is 12.1 Å². The fraction of sp³-hybridized carbons (Fsp3) is 0.571. The van der Waals surface area contributed by atoms with E-state index in [4.69, 9.17) is 14.2 Å². The zero-order valence-electron chi connectivity index (χ0n) is 13.0. The Hall–Kier alpha value is -1.67. The first-order valence-corrected chi connectivity index (χ1v) is 8.57. The number of ether oxygens (including phenoxy) is 3. The Kier molecular flexibility index (Phi) is 5.36. The van der Waals surface area contributed by atoms with Crippen molar-refractivity contribution in [1.29, 1.82) is 0 Å². The van der Waals surface area contributed by atoms with Crippen molar-refractivity contribution in [2.45, 2.75) is 31.7 Å². The maximum atomic E-state index is 12.2. The third kappa shape index (κ3) is 3.95. The van der Waals surface area contributed by atoms with Crippen molar-refractivity contribution < 1.29 is 22.6 Å². The molecular weight excluding hydrogens is 308 g/mol. The van der Waals surface area contributed by atoms with Crippen LogP contribution in [0.25, 0.3) is 0 Å². The van der Waals surface area contributed by atoms with Crippen molar-refractivity contribution >= 4 is 15.9 Å². The molecule has 0 aliphatic heterocycles. The Morgan fingerprint density at radius 3 is 2.00 bits per heavy atom. The zero-order valence-corrected chi connectivity index (χ0v) is 13.8. The van der Waals surface area contributed by atoms with Gasteiger partial charge in [-0.15, -0.1) is 0 Å². The SMILES string of the molecule is COc1cc(NS(=O)(=O)NC2CCCC2)cc(OC)c1OC. The van der Waals surface area contributed by atoms with Gasteiger partial charge in [0.15, 0.2) is 11.5 Å². The highest BCUT2D eigenvalue weighted by atomic mass is 32.2. The van der Waals surface area contributed by atoms with Crippen LogP contribution in [0.2, 0.25) is 0 Å². The summed E-state index contributed by atoms with van der Waals surface area (Å²) >= 11 is 0. The van der Waals surface area contributed by atoms with Crippen LogP contribution >= 0.6 is 0 Å². The summed E-state index contributed by atoms with van der Waals surface area (Å²) in [5.41, 5.74) is 0.347. The van der Waals surface area contributed by atoms with Gasteiger partial charge >= 0.3 is 0 Å². The van der Waals surface area contributed by atoms with E-state index in [-0.39, 0.29) is 6.04 Å². The van der Waals surface area contributed by atoms with Gasteiger partial charge in [0.2, 0.25) is 5.75 Å². The van der Waals surface area contributed by atoms with Gasteiger partial charge in [-0.05, 0) is 12.8 Å². The van der Waals surface area contributed by atoms with Gasteiger partial charge in [-0.1, -0.05) is 12.8 Å². The van der Waals surface area contributed by atoms with Crippen LogP contribution in [-0.2, 0) is 10.2 Å². The predicted octanol–water partition coefficient (Wildman–Crippen LogP) is 1.90. The van der Waals surface area contributed by atoms with E-state index < -0.39 is 10.2 Å². The van der Waals surface area contributed by atoms with E-state index in [1.165, 1.54) is 21.3 Å². The van der Waals surface area contributed by atoms with E-state index in [1.807, 2.05) is 0 Å². The van der Waals surface area contributed by atoms with Gasteiger partial charge in [0.05, 0.1) is 27.0 Å². The first-order valence-electron chi connectivity index (χ1n) is 7.09. The molecule has 22 heavy (non-hydrogen) atoms. The van der Waals surface area contributed by atoms with E-state index in [2.05, 4.69) is 9.44 Å². The molecule has 0 unspecified atom stereocenters. The topological polar surface area (TPSA) is 85.9 Å². The van der Waals surface area contributed by atoms with Gasteiger partial charge in [0, 0.05) is 18.2 Å². The maximum absolute atomic E-state index is 12.2. The van der Waals surface area contributed by atoms with Crippen molar-refractivity contribution in [2.24, 2.45) is 0 Å². The van der Waals surface area contributed by atoms with E-state index in [0.29, 0.717) is 22.9 Å². The van der Waals surface area contributed by atoms with Gasteiger partial charge in [0.25, 0.3) is 10.2 Å². The second kappa shape index (κ2) is 7.06. The van der Waals surface area contributed by atoms with Crippen LogP contribution in [0.1, 0.15) is 25.7 Å². The Labute approximate surface area is 131 Å². The minimum absolute atomic E-state index is 0.000426. The number of methoxy groups -OCH3 is 3. The summed E-state index contributed by atoms with van der Waals surface area (Å²) in [6.45, 7) is 0. The van der Waals surface area contributed by atoms with E-state index in [1.54, 1.807) is 12.1 Å². The monoisotopic (exact) mass is 330 g/mol. The fourth-order valence-electron chi connectivity index (χ4n) is 2.59. The molecule has 0 spiro atoms. The highest BCUT2D eigenvalue weighted by molar-refractivity contribution is 7.90. The standard InChI is InChI=1S/C14H22N2O5S/c1-19-12-8-11(9-13(20-2)14(12)21-3)16-22(17,18)15-10-6-4-5-7-10/h8-10,15-16H,4-7H2,1-3H3. The van der Waals surface area contributed by atoms with Gasteiger partial charge < -0.3 is 14.2 Å². The molecule has 0 saturated heterocycles. The minimum atomic E-state index is -3.64. The van der Waals surface area contributed by atoms with E-state index in [0.717, 1.165) is 25.7 Å². The molecule has 2 N–H and O–H groups in total. The molecule has 0 atom stereocenters. The Balaban J connectivity index is 2.21. The largest absolute Gasteiger partial charge is 0.493 e. The average molecular weight is 330 g/mol. The molecule has 0 aromatic heterocycles. The van der Waals surface area contributed by atoms with Gasteiger partial charge in [0.1, 0.15) is 0 Å². The maximum Gasteiger partial charge on any atom is 0.299 e. The summed E-state index contributed by atoms with van der Waals surface area (Å²) in [4.78, 5) is 0. The Morgan fingerprint density at radius 2 is 1.55 bits per heavy atom. The Morgan fingerprint density at radius 1 is 1.00 bits per heavy atom. The smallest absolute Gasteiger partial charge is 0.299 e. The van der Waals surface area contributed by atoms with Crippen LogP contribution in [0.3, 0.4) is 0 Å². The molecule has 0 radical (unpaired) electrons. The molecule has 1 fully saturated rings. The molecule has 0 amide bonds. The second-order valence-electron chi connectivity index (χ2n) is 5.12. The Bertz CT molecular complexity index is 587. The van der Waals surface area contributed by atoms with Crippen LogP contribution in [0, 0.1) is 0 Å². The molecule has 7 nitrogen and oxygen atoms in total. The highest BCUT2D eigenvalue weighted by Crippen LogP contribution is 2.40. The van der Waals surface area contributed by atoms with Crippen molar-refractivity contribution in [3.8, 4) is 17.2 Å². The molecule has 1 aliphatic rings. The van der Waals surface area contributed by atoms with Gasteiger partial charge in [-0.2, -0.15) is 13.1 Å². The first kappa shape index (κ1) is 16.7. The first-order chi connectivity index (χ1) is 10.5. The summed E-state index contributed by atoms with van der Waals surface area (Å²) < 4.78 is 45.1. The van der Waals surface area contributed by atoms with Crippen LogP contribution < -0.4 is 23.7 Å². The number of rotatable bonds is 7. The van der Waals surface area contributed by atoms with Gasteiger partial charge in [-0.25, -0.2) is 0 Å². The number of hydrogen-bond acceptors (Lipinski definition) is 5. The highest BCUT2D eigenvalue weighted by Gasteiger charge is 2.22. The van der Waals surface area contributed by atoms with Crippen LogP contribution in [0.15, 0.2) is 12.1 Å². The summed E-state index contributed by atoms with van der Waals surface area (Å²) in [6.07, 6.45) is 3.85. The molecule has 124 valence electrons.